The average molecular weight is 445 g/mol. The van der Waals surface area contributed by atoms with Gasteiger partial charge in [-0.2, -0.15) is 0 Å². The summed E-state index contributed by atoms with van der Waals surface area (Å²) in [5.74, 6) is 0.447. The molecule has 3 heterocycles. The molecule has 31 heavy (non-hydrogen) atoms. The number of amides is 1. The van der Waals surface area contributed by atoms with E-state index in [0.717, 1.165) is 38.9 Å². The van der Waals surface area contributed by atoms with Crippen molar-refractivity contribution in [1.29, 1.82) is 5.41 Å². The number of imidazole rings is 1. The summed E-state index contributed by atoms with van der Waals surface area (Å²) in [6, 6.07) is 4.74. The first kappa shape index (κ1) is 21.4. The Balaban J connectivity index is 1.48. The Bertz CT molecular complexity index is 1150. The zero-order chi connectivity index (χ0) is 22.0. The second-order valence-corrected chi connectivity index (χ2v) is 8.73. The van der Waals surface area contributed by atoms with Gasteiger partial charge in [0.1, 0.15) is 5.52 Å². The smallest absolute Gasteiger partial charge is 0.219 e. The van der Waals surface area contributed by atoms with E-state index in [1.165, 1.54) is 24.9 Å². The van der Waals surface area contributed by atoms with Crippen LogP contribution in [0.15, 0.2) is 34.6 Å². The predicted molar refractivity (Wildman–Crippen MR) is 114 cm³/mol. The number of nitrogens with one attached hydrogen (secondary N) is 2. The molecule has 10 heteroatoms. The van der Waals surface area contributed by atoms with Crippen molar-refractivity contribution < 1.29 is 13.9 Å². The third-order valence-corrected chi connectivity index (χ3v) is 6.55. The van der Waals surface area contributed by atoms with Crippen molar-refractivity contribution in [3.8, 4) is 5.75 Å². The average Bonchev–Trinajstić information content (AvgIpc) is 3.18. The van der Waals surface area contributed by atoms with Crippen molar-refractivity contribution in [2.45, 2.75) is 42.8 Å². The number of aromatic amines is 1. The van der Waals surface area contributed by atoms with Crippen LogP contribution in [-0.4, -0.2) is 50.5 Å². The number of benzene rings is 1. The molecule has 1 aliphatic heterocycles. The number of hydrogen-bond acceptors (Lipinski definition) is 6. The van der Waals surface area contributed by atoms with Crippen molar-refractivity contribution in [3.63, 3.8) is 0 Å². The first-order valence-electron chi connectivity index (χ1n) is 10.2. The van der Waals surface area contributed by atoms with E-state index in [9.17, 15) is 9.18 Å². The maximum absolute atomic E-state index is 14.0. The summed E-state index contributed by atoms with van der Waals surface area (Å²) >= 11 is 1.29. The molecular weight excluding hydrogens is 419 g/mol. The van der Waals surface area contributed by atoms with E-state index in [1.807, 2.05) is 9.47 Å². The Morgan fingerprint density at radius 2 is 2.16 bits per heavy atom. The molecule has 0 aliphatic carbocycles. The van der Waals surface area contributed by atoms with Crippen LogP contribution >= 0.6 is 11.8 Å². The Hall–Kier alpha value is -2.88. The van der Waals surface area contributed by atoms with Gasteiger partial charge in [-0.25, -0.2) is 14.4 Å². The Kier molecular flexibility index (Phi) is 6.26. The predicted octanol–water partition coefficient (Wildman–Crippen LogP) is 3.19. The summed E-state index contributed by atoms with van der Waals surface area (Å²) in [7, 11) is 1.43. The maximum Gasteiger partial charge on any atom is 0.219 e. The van der Waals surface area contributed by atoms with Crippen molar-refractivity contribution in [2.75, 3.05) is 20.2 Å². The van der Waals surface area contributed by atoms with Gasteiger partial charge in [-0.1, -0.05) is 11.8 Å². The molecule has 0 spiro atoms. The molecule has 1 saturated heterocycles. The molecule has 0 unspecified atom stereocenters. The van der Waals surface area contributed by atoms with Crippen LogP contribution in [0.1, 0.15) is 26.2 Å². The number of ether oxygens (including phenoxy) is 1. The molecule has 1 aromatic carbocycles. The molecule has 4 rings (SSSR count). The fourth-order valence-electron chi connectivity index (χ4n) is 3.85. The quantitative estimate of drug-likeness (QED) is 0.608. The van der Waals surface area contributed by atoms with Crippen LogP contribution in [0.25, 0.3) is 11.2 Å². The molecule has 2 aromatic heterocycles. The second-order valence-electron chi connectivity index (χ2n) is 7.66. The molecule has 0 radical (unpaired) electrons. The van der Waals surface area contributed by atoms with Gasteiger partial charge in [-0.05, 0) is 43.4 Å². The highest BCUT2D eigenvalue weighted by atomic mass is 32.2. The van der Waals surface area contributed by atoms with E-state index in [2.05, 4.69) is 15.0 Å². The second kappa shape index (κ2) is 9.09. The summed E-state index contributed by atoms with van der Waals surface area (Å²) in [5, 5.41) is 8.69. The molecule has 2 N–H and O–H groups in total. The normalized spacial score (nSPS) is 14.9. The molecule has 8 nitrogen and oxygen atoms in total. The van der Waals surface area contributed by atoms with Gasteiger partial charge in [0.25, 0.3) is 0 Å². The number of likely N-dealkylation sites (tertiary alicyclic amines) is 1. The van der Waals surface area contributed by atoms with Crippen LogP contribution in [0, 0.1) is 17.1 Å². The van der Waals surface area contributed by atoms with Crippen LogP contribution in [0.3, 0.4) is 0 Å². The minimum absolute atomic E-state index is 0.126. The standard InChI is InChI=1S/C21H25FN6O2S/c1-13(29)27-8-5-14(6-9-27)7-10-28-12-24-19(23)18-20(28)26-21(25-18)31-15-3-4-17(30-2)16(22)11-15/h3-4,11-12,14,23H,5-10H2,1-2H3,(H,25,26). The molecule has 0 bridgehead atoms. The molecule has 1 amide bonds. The summed E-state index contributed by atoms with van der Waals surface area (Å²) in [6.07, 6.45) is 4.61. The van der Waals surface area contributed by atoms with Gasteiger partial charge in [0.2, 0.25) is 5.91 Å². The van der Waals surface area contributed by atoms with Gasteiger partial charge in [0.15, 0.2) is 27.9 Å². The zero-order valence-corrected chi connectivity index (χ0v) is 18.3. The number of halogens is 1. The van der Waals surface area contributed by atoms with Crippen molar-refractivity contribution >= 4 is 28.8 Å². The molecule has 0 saturated carbocycles. The van der Waals surface area contributed by atoms with Gasteiger partial charge in [-0.15, -0.1) is 0 Å². The number of H-pyrrole nitrogens is 1. The highest BCUT2D eigenvalue weighted by Gasteiger charge is 2.21. The van der Waals surface area contributed by atoms with Crippen LogP contribution in [-0.2, 0) is 11.3 Å². The minimum Gasteiger partial charge on any atom is -0.494 e. The third-order valence-electron chi connectivity index (χ3n) is 5.67. The zero-order valence-electron chi connectivity index (χ0n) is 17.5. The number of aryl methyl sites for hydroxylation is 1. The topological polar surface area (TPSA) is 99.9 Å². The van der Waals surface area contributed by atoms with Gasteiger partial charge in [-0.3, -0.25) is 10.2 Å². The molecule has 1 aliphatic rings. The van der Waals surface area contributed by atoms with Crippen LogP contribution in [0.4, 0.5) is 4.39 Å². The van der Waals surface area contributed by atoms with E-state index in [1.54, 1.807) is 25.4 Å². The number of fused-ring (bicyclic) bond motifs is 1. The minimum atomic E-state index is -0.433. The lowest BCUT2D eigenvalue weighted by molar-refractivity contribution is -0.130. The SMILES string of the molecule is COc1ccc(Sc2nc3c([nH]2)c(=N)ncn3CCC2CCN(C(C)=O)CC2)cc1F. The highest BCUT2D eigenvalue weighted by Crippen LogP contribution is 2.30. The fraction of sp³-hybridized carbons (Fsp3) is 0.429. The lowest BCUT2D eigenvalue weighted by atomic mass is 9.93. The summed E-state index contributed by atoms with van der Waals surface area (Å²) in [6.45, 7) is 3.98. The Morgan fingerprint density at radius 3 is 2.84 bits per heavy atom. The monoisotopic (exact) mass is 444 g/mol. The van der Waals surface area contributed by atoms with Crippen LogP contribution < -0.4 is 10.2 Å². The number of rotatable bonds is 6. The molecule has 1 fully saturated rings. The first-order valence-corrected chi connectivity index (χ1v) is 11.0. The number of nitrogens with zero attached hydrogens (tertiary/aromatic N) is 4. The molecule has 3 aromatic rings. The number of piperidine rings is 1. The molecule has 0 atom stereocenters. The van der Waals surface area contributed by atoms with Crippen molar-refractivity contribution in [2.24, 2.45) is 5.92 Å². The third kappa shape index (κ3) is 4.73. The van der Waals surface area contributed by atoms with Crippen molar-refractivity contribution in [1.82, 2.24) is 24.4 Å². The number of carbonyl (C=O) groups is 1. The van der Waals surface area contributed by atoms with E-state index in [4.69, 9.17) is 10.1 Å². The lowest BCUT2D eigenvalue weighted by Gasteiger charge is -2.31. The van der Waals surface area contributed by atoms with Crippen molar-refractivity contribution in [3.05, 3.63) is 35.8 Å². The molecular formula is C21H25FN6O2S. The summed E-state index contributed by atoms with van der Waals surface area (Å²) in [4.78, 5) is 26.1. The highest BCUT2D eigenvalue weighted by molar-refractivity contribution is 7.99. The summed E-state index contributed by atoms with van der Waals surface area (Å²) in [5.41, 5.74) is 1.35. The fourth-order valence-corrected chi connectivity index (χ4v) is 4.66. The number of methoxy groups -OCH3 is 1. The Labute approximate surface area is 183 Å². The van der Waals surface area contributed by atoms with Gasteiger partial charge >= 0.3 is 0 Å². The largest absolute Gasteiger partial charge is 0.494 e. The number of carbonyl (C=O) groups excluding carboxylic acids is 1. The Morgan fingerprint density at radius 1 is 1.39 bits per heavy atom. The van der Waals surface area contributed by atoms with Gasteiger partial charge in [0.05, 0.1) is 13.4 Å². The first-order chi connectivity index (χ1) is 14.9. The van der Waals surface area contributed by atoms with Gasteiger partial charge in [0, 0.05) is 31.5 Å². The van der Waals surface area contributed by atoms with Crippen LogP contribution in [0.2, 0.25) is 0 Å². The summed E-state index contributed by atoms with van der Waals surface area (Å²) < 4.78 is 20.9. The van der Waals surface area contributed by atoms with E-state index >= 15 is 0 Å². The van der Waals surface area contributed by atoms with E-state index < -0.39 is 5.82 Å². The van der Waals surface area contributed by atoms with E-state index in [0.29, 0.717) is 27.1 Å². The van der Waals surface area contributed by atoms with Crippen LogP contribution in [0.5, 0.6) is 5.75 Å². The lowest BCUT2D eigenvalue weighted by Crippen LogP contribution is -2.37. The van der Waals surface area contributed by atoms with E-state index in [-0.39, 0.29) is 17.1 Å². The van der Waals surface area contributed by atoms with Gasteiger partial charge < -0.3 is 19.2 Å². The number of aromatic nitrogens is 4. The number of hydrogen-bond donors (Lipinski definition) is 2. The maximum atomic E-state index is 14.0. The molecule has 164 valence electrons.